The van der Waals surface area contributed by atoms with E-state index < -0.39 is 0 Å². The van der Waals surface area contributed by atoms with Gasteiger partial charge in [-0.15, -0.1) is 0 Å². The Morgan fingerprint density at radius 3 is 2.86 bits per heavy atom. The molecule has 1 atom stereocenters. The van der Waals surface area contributed by atoms with Crippen LogP contribution in [0.15, 0.2) is 36.5 Å². The molecule has 3 rings (SSSR count). The molecule has 1 saturated heterocycles. The van der Waals surface area contributed by atoms with Crippen LogP contribution in [0.2, 0.25) is 0 Å². The Balaban J connectivity index is 1.58. The molecule has 28 heavy (non-hydrogen) atoms. The molecule has 8 nitrogen and oxygen atoms in total. The standard InChI is InChI=1S/C20H27N5O3/c1-4-15(2)25-18(8-9-21-25)22-20(27)24-11-10-23(19(26)14-24)13-16-6-5-7-17(12-16)28-3/h5-9,12,15H,4,10-11,13-14H2,1-3H3,(H,22,27). The lowest BCUT2D eigenvalue weighted by Crippen LogP contribution is -2.53. The van der Waals surface area contributed by atoms with E-state index in [4.69, 9.17) is 4.74 Å². The minimum atomic E-state index is -0.278. The number of nitrogens with zero attached hydrogens (tertiary/aromatic N) is 4. The summed E-state index contributed by atoms with van der Waals surface area (Å²) < 4.78 is 7.02. The molecule has 150 valence electrons. The maximum absolute atomic E-state index is 12.6. The lowest BCUT2D eigenvalue weighted by Gasteiger charge is -2.34. The average Bonchev–Trinajstić information content (AvgIpc) is 3.17. The molecule has 1 N–H and O–H groups in total. The van der Waals surface area contributed by atoms with E-state index in [-0.39, 0.29) is 24.5 Å². The first kappa shape index (κ1) is 19.7. The maximum atomic E-state index is 12.6. The van der Waals surface area contributed by atoms with E-state index in [2.05, 4.69) is 17.3 Å². The minimum Gasteiger partial charge on any atom is -0.497 e. The fourth-order valence-electron chi connectivity index (χ4n) is 3.17. The summed E-state index contributed by atoms with van der Waals surface area (Å²) in [6.45, 7) is 5.66. The quantitative estimate of drug-likeness (QED) is 0.829. The molecule has 2 heterocycles. The van der Waals surface area contributed by atoms with Gasteiger partial charge >= 0.3 is 6.03 Å². The van der Waals surface area contributed by atoms with Crippen LogP contribution in [0.3, 0.4) is 0 Å². The number of ether oxygens (including phenoxy) is 1. The van der Waals surface area contributed by atoms with Gasteiger partial charge in [0.1, 0.15) is 18.1 Å². The number of piperazine rings is 1. The molecule has 0 spiro atoms. The van der Waals surface area contributed by atoms with Crippen LogP contribution in [0, 0.1) is 0 Å². The highest BCUT2D eigenvalue weighted by atomic mass is 16.5. The molecule has 3 amide bonds. The summed E-state index contributed by atoms with van der Waals surface area (Å²) in [6.07, 6.45) is 2.57. The van der Waals surface area contributed by atoms with E-state index in [0.717, 1.165) is 17.7 Å². The van der Waals surface area contributed by atoms with Gasteiger partial charge in [0.25, 0.3) is 0 Å². The lowest BCUT2D eigenvalue weighted by atomic mass is 10.2. The van der Waals surface area contributed by atoms with Crippen molar-refractivity contribution < 1.29 is 14.3 Å². The van der Waals surface area contributed by atoms with E-state index in [1.54, 1.807) is 33.9 Å². The van der Waals surface area contributed by atoms with Crippen LogP contribution in [0.5, 0.6) is 5.75 Å². The van der Waals surface area contributed by atoms with E-state index >= 15 is 0 Å². The van der Waals surface area contributed by atoms with Gasteiger partial charge in [0.05, 0.1) is 19.3 Å². The molecule has 0 radical (unpaired) electrons. The van der Waals surface area contributed by atoms with Crippen LogP contribution in [-0.4, -0.2) is 58.3 Å². The zero-order valence-corrected chi connectivity index (χ0v) is 16.6. The first-order valence-electron chi connectivity index (χ1n) is 9.52. The van der Waals surface area contributed by atoms with E-state index in [1.165, 1.54) is 0 Å². The summed E-state index contributed by atoms with van der Waals surface area (Å²) in [6, 6.07) is 9.34. The number of amides is 3. The monoisotopic (exact) mass is 385 g/mol. The molecule has 1 aromatic heterocycles. The Bertz CT molecular complexity index is 835. The highest BCUT2D eigenvalue weighted by molar-refractivity contribution is 5.92. The van der Waals surface area contributed by atoms with Gasteiger partial charge in [0.2, 0.25) is 5.91 Å². The lowest BCUT2D eigenvalue weighted by molar-refractivity contribution is -0.135. The summed E-state index contributed by atoms with van der Waals surface area (Å²) in [5.74, 6) is 1.34. The van der Waals surface area contributed by atoms with Gasteiger partial charge in [0, 0.05) is 25.7 Å². The SMILES string of the molecule is CCC(C)n1nccc1NC(=O)N1CCN(Cc2cccc(OC)c2)C(=O)C1. The summed E-state index contributed by atoms with van der Waals surface area (Å²) in [5.41, 5.74) is 1.00. The number of methoxy groups -OCH3 is 1. The summed E-state index contributed by atoms with van der Waals surface area (Å²) in [5, 5.41) is 7.15. The van der Waals surface area contributed by atoms with Crippen LogP contribution in [0.1, 0.15) is 31.9 Å². The second-order valence-corrected chi connectivity index (χ2v) is 6.94. The number of rotatable bonds is 6. The molecule has 1 unspecified atom stereocenters. The maximum Gasteiger partial charge on any atom is 0.323 e. The van der Waals surface area contributed by atoms with Crippen molar-refractivity contribution in [3.05, 3.63) is 42.1 Å². The van der Waals surface area contributed by atoms with Crippen molar-refractivity contribution in [1.29, 1.82) is 0 Å². The van der Waals surface area contributed by atoms with Crippen molar-refractivity contribution in [3.63, 3.8) is 0 Å². The van der Waals surface area contributed by atoms with Crippen LogP contribution < -0.4 is 10.1 Å². The number of carbonyl (C=O) groups is 2. The third-order valence-electron chi connectivity index (χ3n) is 5.03. The number of anilines is 1. The highest BCUT2D eigenvalue weighted by Crippen LogP contribution is 2.18. The molecule has 1 aliphatic rings. The van der Waals surface area contributed by atoms with Gasteiger partial charge in [-0.2, -0.15) is 5.10 Å². The molecular weight excluding hydrogens is 358 g/mol. The first-order valence-corrected chi connectivity index (χ1v) is 9.52. The number of aromatic nitrogens is 2. The summed E-state index contributed by atoms with van der Waals surface area (Å²) in [4.78, 5) is 28.5. The van der Waals surface area contributed by atoms with Crippen LogP contribution in [0.25, 0.3) is 0 Å². The Hall–Kier alpha value is -3.03. The fourth-order valence-corrected chi connectivity index (χ4v) is 3.17. The van der Waals surface area contributed by atoms with Gasteiger partial charge < -0.3 is 14.5 Å². The molecule has 0 aliphatic carbocycles. The second kappa shape index (κ2) is 8.77. The molecule has 1 fully saturated rings. The topological polar surface area (TPSA) is 79.7 Å². The number of urea groups is 1. The Kier molecular flexibility index (Phi) is 6.18. The van der Waals surface area contributed by atoms with Gasteiger partial charge in [0.15, 0.2) is 0 Å². The number of nitrogens with one attached hydrogen (secondary N) is 1. The molecule has 8 heteroatoms. The predicted octanol–water partition coefficient (Wildman–Crippen LogP) is 2.74. The minimum absolute atomic E-state index is 0.0628. The normalized spacial score (nSPS) is 15.5. The zero-order chi connectivity index (χ0) is 20.1. The number of carbonyl (C=O) groups excluding carboxylic acids is 2. The zero-order valence-electron chi connectivity index (χ0n) is 16.6. The number of benzene rings is 1. The largest absolute Gasteiger partial charge is 0.497 e. The molecule has 0 bridgehead atoms. The second-order valence-electron chi connectivity index (χ2n) is 6.94. The third kappa shape index (κ3) is 4.44. The van der Waals surface area contributed by atoms with Gasteiger partial charge in [-0.05, 0) is 31.0 Å². The van der Waals surface area contributed by atoms with Crippen molar-refractivity contribution in [2.75, 3.05) is 32.1 Å². The molecule has 1 aromatic carbocycles. The van der Waals surface area contributed by atoms with E-state index in [9.17, 15) is 9.59 Å². The van der Waals surface area contributed by atoms with Gasteiger partial charge in [-0.3, -0.25) is 10.1 Å². The van der Waals surface area contributed by atoms with Gasteiger partial charge in [-0.1, -0.05) is 19.1 Å². The Labute approximate surface area is 165 Å². The third-order valence-corrected chi connectivity index (χ3v) is 5.03. The summed E-state index contributed by atoms with van der Waals surface area (Å²) in [7, 11) is 1.62. The highest BCUT2D eigenvalue weighted by Gasteiger charge is 2.27. The van der Waals surface area contributed by atoms with Crippen molar-refractivity contribution in [2.45, 2.75) is 32.9 Å². The number of hydrogen-bond acceptors (Lipinski definition) is 4. The van der Waals surface area contributed by atoms with Crippen molar-refractivity contribution in [2.24, 2.45) is 0 Å². The fraction of sp³-hybridized carbons (Fsp3) is 0.450. The number of hydrogen-bond donors (Lipinski definition) is 1. The predicted molar refractivity (Wildman–Crippen MR) is 106 cm³/mol. The van der Waals surface area contributed by atoms with Crippen molar-refractivity contribution in [3.8, 4) is 5.75 Å². The molecule has 0 saturated carbocycles. The van der Waals surface area contributed by atoms with E-state index in [0.29, 0.717) is 25.5 Å². The van der Waals surface area contributed by atoms with Gasteiger partial charge in [-0.25, -0.2) is 9.48 Å². The van der Waals surface area contributed by atoms with Crippen molar-refractivity contribution >= 4 is 17.8 Å². The molecular formula is C20H27N5O3. The van der Waals surface area contributed by atoms with Crippen molar-refractivity contribution in [1.82, 2.24) is 19.6 Å². The average molecular weight is 385 g/mol. The van der Waals surface area contributed by atoms with Crippen LogP contribution in [-0.2, 0) is 11.3 Å². The van der Waals surface area contributed by atoms with Crippen LogP contribution in [0.4, 0.5) is 10.6 Å². The Morgan fingerprint density at radius 1 is 1.32 bits per heavy atom. The van der Waals surface area contributed by atoms with E-state index in [1.807, 2.05) is 31.2 Å². The Morgan fingerprint density at radius 2 is 2.14 bits per heavy atom. The first-order chi connectivity index (χ1) is 13.5. The van der Waals surface area contributed by atoms with Crippen LogP contribution >= 0.6 is 0 Å². The summed E-state index contributed by atoms with van der Waals surface area (Å²) >= 11 is 0. The smallest absolute Gasteiger partial charge is 0.323 e. The molecule has 2 aromatic rings. The molecule has 1 aliphatic heterocycles.